The molecule has 1 atom stereocenters. The van der Waals surface area contributed by atoms with Gasteiger partial charge in [0.1, 0.15) is 17.0 Å². The number of hydrogen-bond acceptors (Lipinski definition) is 4. The second kappa shape index (κ2) is 7.42. The average Bonchev–Trinajstić information content (AvgIpc) is 2.57. The molecule has 1 aromatic heterocycles. The van der Waals surface area contributed by atoms with Gasteiger partial charge < -0.3 is 5.73 Å². The fourth-order valence-electron chi connectivity index (χ4n) is 2.39. The van der Waals surface area contributed by atoms with E-state index >= 15 is 0 Å². The number of benzene rings is 2. The van der Waals surface area contributed by atoms with Gasteiger partial charge in [-0.15, -0.1) is 12.4 Å². The quantitative estimate of drug-likeness (QED) is 0.759. The van der Waals surface area contributed by atoms with E-state index in [2.05, 4.69) is 10.4 Å². The Hall–Kier alpha value is -2.44. The smallest absolute Gasteiger partial charge is 0.283 e. The fraction of sp³-hybridized carbons (Fsp3) is 0.176. The minimum Gasteiger partial charge on any atom is -0.321 e. The van der Waals surface area contributed by atoms with Gasteiger partial charge in [0, 0.05) is 0 Å². The Bertz CT molecular complexity index is 898. The number of aromatic nitrogens is 2. The first-order valence-electron chi connectivity index (χ1n) is 7.40. The summed E-state index contributed by atoms with van der Waals surface area (Å²) in [6, 6.07) is 13.1. The molecule has 0 aliphatic rings. The van der Waals surface area contributed by atoms with E-state index in [1.807, 2.05) is 25.1 Å². The van der Waals surface area contributed by atoms with Crippen molar-refractivity contribution in [2.24, 2.45) is 5.73 Å². The lowest BCUT2D eigenvalue weighted by atomic mass is 10.2. The summed E-state index contributed by atoms with van der Waals surface area (Å²) in [5.74, 6) is -0.223. The van der Waals surface area contributed by atoms with Gasteiger partial charge in [-0.1, -0.05) is 31.2 Å². The van der Waals surface area contributed by atoms with Crippen LogP contribution in [-0.4, -0.2) is 9.66 Å². The molecular formula is C17H18ClFN4O. The molecule has 0 saturated heterocycles. The number of rotatable bonds is 4. The largest absolute Gasteiger partial charge is 0.321 e. The number of nitrogens with one attached hydrogen (secondary N) is 1. The summed E-state index contributed by atoms with van der Waals surface area (Å²) in [5.41, 5.74) is 9.55. The Morgan fingerprint density at radius 2 is 1.92 bits per heavy atom. The zero-order valence-electron chi connectivity index (χ0n) is 13.1. The summed E-state index contributed by atoms with van der Waals surface area (Å²) in [7, 11) is 0. The molecule has 24 heavy (non-hydrogen) atoms. The van der Waals surface area contributed by atoms with Crippen LogP contribution in [0.25, 0.3) is 10.9 Å². The molecule has 0 amide bonds. The third-order valence-electron chi connectivity index (χ3n) is 3.66. The highest BCUT2D eigenvalue weighted by Crippen LogP contribution is 2.17. The van der Waals surface area contributed by atoms with Crippen LogP contribution in [0.2, 0.25) is 0 Å². The van der Waals surface area contributed by atoms with Gasteiger partial charge in [-0.2, -0.15) is 0 Å². The van der Waals surface area contributed by atoms with Crippen LogP contribution < -0.4 is 16.7 Å². The highest BCUT2D eigenvalue weighted by atomic mass is 35.5. The summed E-state index contributed by atoms with van der Waals surface area (Å²) in [6.07, 6.45) is 0.601. The van der Waals surface area contributed by atoms with Gasteiger partial charge in [-0.3, -0.25) is 10.2 Å². The van der Waals surface area contributed by atoms with E-state index in [4.69, 9.17) is 5.73 Å². The standard InChI is InChI=1S/C17H17FN4O.ClH/c1-2-13(19)16-20-14-10-6-9-12(18)15(14)17(23)22(16)21-11-7-4-3-5-8-11;/h3-10,13,21H,2,19H2,1H3;1H/t13-;/m0./s1. The summed E-state index contributed by atoms with van der Waals surface area (Å²) in [4.78, 5) is 17.2. The maximum absolute atomic E-state index is 14.1. The normalized spacial score (nSPS) is 11.8. The summed E-state index contributed by atoms with van der Waals surface area (Å²) in [6.45, 7) is 1.90. The van der Waals surface area contributed by atoms with Crippen molar-refractivity contribution in [1.29, 1.82) is 0 Å². The molecule has 0 spiro atoms. The molecule has 0 aliphatic carbocycles. The van der Waals surface area contributed by atoms with Gasteiger partial charge in [0.2, 0.25) is 0 Å². The van der Waals surface area contributed by atoms with Gasteiger partial charge in [0.15, 0.2) is 0 Å². The molecule has 5 nitrogen and oxygen atoms in total. The van der Waals surface area contributed by atoms with E-state index in [0.29, 0.717) is 23.4 Å². The van der Waals surface area contributed by atoms with Crippen LogP contribution in [-0.2, 0) is 0 Å². The second-order valence-electron chi connectivity index (χ2n) is 5.24. The zero-order valence-corrected chi connectivity index (χ0v) is 13.9. The third-order valence-corrected chi connectivity index (χ3v) is 3.66. The maximum Gasteiger partial charge on any atom is 0.283 e. The van der Waals surface area contributed by atoms with Crippen LogP contribution in [0.15, 0.2) is 53.3 Å². The van der Waals surface area contributed by atoms with E-state index in [9.17, 15) is 9.18 Å². The van der Waals surface area contributed by atoms with Crippen molar-refractivity contribution >= 4 is 29.0 Å². The van der Waals surface area contributed by atoms with Gasteiger partial charge in [0.05, 0.1) is 17.2 Å². The molecule has 0 fully saturated rings. The van der Waals surface area contributed by atoms with Crippen molar-refractivity contribution in [1.82, 2.24) is 9.66 Å². The Morgan fingerprint density at radius 1 is 1.21 bits per heavy atom. The molecule has 126 valence electrons. The number of fused-ring (bicyclic) bond motifs is 1. The van der Waals surface area contributed by atoms with Crippen LogP contribution in [0.5, 0.6) is 0 Å². The predicted molar refractivity (Wildman–Crippen MR) is 95.9 cm³/mol. The second-order valence-corrected chi connectivity index (χ2v) is 5.24. The molecule has 7 heteroatoms. The highest BCUT2D eigenvalue weighted by Gasteiger charge is 2.18. The van der Waals surface area contributed by atoms with Gasteiger partial charge >= 0.3 is 0 Å². The number of para-hydroxylation sites is 1. The van der Waals surface area contributed by atoms with E-state index in [1.54, 1.807) is 18.2 Å². The van der Waals surface area contributed by atoms with Gasteiger partial charge in [-0.05, 0) is 30.7 Å². The molecule has 0 radical (unpaired) electrons. The maximum atomic E-state index is 14.1. The summed E-state index contributed by atoms with van der Waals surface area (Å²) >= 11 is 0. The minimum atomic E-state index is -0.597. The Labute approximate surface area is 144 Å². The van der Waals surface area contributed by atoms with Crippen LogP contribution in [0.3, 0.4) is 0 Å². The minimum absolute atomic E-state index is 0. The Morgan fingerprint density at radius 3 is 2.58 bits per heavy atom. The van der Waals surface area contributed by atoms with Crippen molar-refractivity contribution in [2.75, 3.05) is 5.43 Å². The van der Waals surface area contributed by atoms with Gasteiger partial charge in [-0.25, -0.2) is 14.1 Å². The fourth-order valence-corrected chi connectivity index (χ4v) is 2.39. The predicted octanol–water partition coefficient (Wildman–Crippen LogP) is 3.24. The van der Waals surface area contributed by atoms with Crippen molar-refractivity contribution in [3.63, 3.8) is 0 Å². The molecule has 0 saturated carbocycles. The Balaban J connectivity index is 0.00000208. The van der Waals surface area contributed by atoms with Crippen LogP contribution in [0, 0.1) is 5.82 Å². The number of halogens is 2. The molecule has 3 aromatic rings. The number of nitrogens with two attached hydrogens (primary N) is 1. The third kappa shape index (κ3) is 3.25. The zero-order chi connectivity index (χ0) is 16.4. The molecule has 0 unspecified atom stereocenters. The highest BCUT2D eigenvalue weighted by molar-refractivity contribution is 5.85. The van der Waals surface area contributed by atoms with Crippen LogP contribution in [0.4, 0.5) is 10.1 Å². The molecule has 2 aromatic carbocycles. The van der Waals surface area contributed by atoms with Crippen molar-refractivity contribution in [3.05, 3.63) is 70.5 Å². The molecular weight excluding hydrogens is 331 g/mol. The van der Waals surface area contributed by atoms with E-state index in [1.165, 1.54) is 16.8 Å². The van der Waals surface area contributed by atoms with E-state index in [0.717, 1.165) is 0 Å². The first-order chi connectivity index (χ1) is 11.1. The lowest BCUT2D eigenvalue weighted by Gasteiger charge is -2.18. The monoisotopic (exact) mass is 348 g/mol. The Kier molecular flexibility index (Phi) is 5.54. The first kappa shape index (κ1) is 17.9. The van der Waals surface area contributed by atoms with Crippen LogP contribution >= 0.6 is 12.4 Å². The summed E-state index contributed by atoms with van der Waals surface area (Å²) < 4.78 is 15.3. The van der Waals surface area contributed by atoms with Crippen molar-refractivity contribution < 1.29 is 4.39 Å². The first-order valence-corrected chi connectivity index (χ1v) is 7.40. The molecule has 3 rings (SSSR count). The number of hydrogen-bond donors (Lipinski definition) is 2. The van der Waals surface area contributed by atoms with Crippen molar-refractivity contribution in [3.8, 4) is 0 Å². The SMILES string of the molecule is CC[C@H](N)c1nc2cccc(F)c2c(=O)n1Nc1ccccc1.Cl. The molecule has 0 bridgehead atoms. The molecule has 3 N–H and O–H groups in total. The lowest BCUT2D eigenvalue weighted by Crippen LogP contribution is -2.34. The van der Waals surface area contributed by atoms with Crippen LogP contribution in [0.1, 0.15) is 25.2 Å². The average molecular weight is 349 g/mol. The lowest BCUT2D eigenvalue weighted by molar-refractivity contribution is 0.601. The van der Waals surface area contributed by atoms with Gasteiger partial charge in [0.25, 0.3) is 5.56 Å². The van der Waals surface area contributed by atoms with Crippen molar-refractivity contribution in [2.45, 2.75) is 19.4 Å². The van der Waals surface area contributed by atoms with E-state index in [-0.39, 0.29) is 17.8 Å². The molecule has 1 heterocycles. The summed E-state index contributed by atoms with van der Waals surface area (Å²) in [5, 5.41) is -0.0528. The topological polar surface area (TPSA) is 72.9 Å². The number of anilines is 1. The van der Waals surface area contributed by atoms with E-state index < -0.39 is 17.4 Å². The molecule has 0 aliphatic heterocycles. The number of nitrogens with zero attached hydrogens (tertiary/aromatic N) is 2.